The first-order valence-corrected chi connectivity index (χ1v) is 8.84. The van der Waals surface area contributed by atoms with Gasteiger partial charge in [0.25, 0.3) is 0 Å². The molecule has 0 aliphatic carbocycles. The van der Waals surface area contributed by atoms with Gasteiger partial charge in [-0.3, -0.25) is 10.1 Å². The molecule has 3 heterocycles. The van der Waals surface area contributed by atoms with Gasteiger partial charge in [-0.15, -0.1) is 0 Å². The second-order valence-corrected chi connectivity index (χ2v) is 7.19. The van der Waals surface area contributed by atoms with Gasteiger partial charge in [0.2, 0.25) is 0 Å². The molecule has 7 nitrogen and oxygen atoms in total. The predicted octanol–water partition coefficient (Wildman–Crippen LogP) is 3.26. The highest BCUT2D eigenvalue weighted by molar-refractivity contribution is 5.56. The molecule has 0 spiro atoms. The molecular weight excluding hydrogens is 332 g/mol. The molecule has 2 unspecified atom stereocenters. The first-order valence-electron chi connectivity index (χ1n) is 8.84. The van der Waals surface area contributed by atoms with Crippen molar-refractivity contribution < 1.29 is 9.66 Å². The van der Waals surface area contributed by atoms with Gasteiger partial charge in [-0.05, 0) is 44.4 Å². The van der Waals surface area contributed by atoms with Crippen molar-refractivity contribution in [3.8, 4) is 11.6 Å². The van der Waals surface area contributed by atoms with Crippen LogP contribution >= 0.6 is 0 Å². The van der Waals surface area contributed by atoms with Crippen LogP contribution in [0.2, 0.25) is 0 Å². The Hall–Kier alpha value is -2.67. The molecule has 136 valence electrons. The molecule has 2 aromatic rings. The van der Waals surface area contributed by atoms with Gasteiger partial charge in [-0.25, -0.2) is 0 Å². The van der Waals surface area contributed by atoms with Crippen LogP contribution in [0.15, 0.2) is 24.3 Å². The SMILES string of the molecule is Cc1cc(C)c(Oc2nc(N3C4CNCC3C4)ccc2[N+](=O)[O-])c(C)c1. The fourth-order valence-corrected chi connectivity index (χ4v) is 4.06. The third kappa shape index (κ3) is 2.78. The standard InChI is InChI=1S/C19H22N4O3/c1-11-6-12(2)18(13(3)7-11)26-19-16(23(24)25)4-5-17(21-19)22-14-8-15(22)10-20-9-14/h4-7,14-15,20H,8-10H2,1-3H3. The van der Waals surface area contributed by atoms with Crippen LogP contribution in [-0.4, -0.2) is 35.1 Å². The summed E-state index contributed by atoms with van der Waals surface area (Å²) in [6, 6.07) is 8.03. The summed E-state index contributed by atoms with van der Waals surface area (Å²) in [6.45, 7) is 7.73. The van der Waals surface area contributed by atoms with Crippen LogP contribution in [0.4, 0.5) is 11.5 Å². The molecule has 2 atom stereocenters. The lowest BCUT2D eigenvalue weighted by atomic mass is 9.89. The number of aromatic nitrogens is 1. The van der Waals surface area contributed by atoms with Gasteiger partial charge in [0.1, 0.15) is 11.6 Å². The zero-order chi connectivity index (χ0) is 18.4. The Bertz CT molecular complexity index is 846. The molecule has 1 aromatic carbocycles. The minimum Gasteiger partial charge on any atom is -0.433 e. The van der Waals surface area contributed by atoms with Crippen LogP contribution in [0.1, 0.15) is 23.1 Å². The van der Waals surface area contributed by atoms with E-state index in [1.165, 1.54) is 6.07 Å². The number of rotatable bonds is 4. The molecule has 0 saturated carbocycles. The second-order valence-electron chi connectivity index (χ2n) is 7.19. The summed E-state index contributed by atoms with van der Waals surface area (Å²) in [6.07, 6.45) is 1.14. The molecule has 2 aliphatic rings. The number of piperazine rings is 1. The zero-order valence-corrected chi connectivity index (χ0v) is 15.2. The molecule has 0 radical (unpaired) electrons. The number of fused-ring (bicyclic) bond motifs is 2. The number of anilines is 1. The molecule has 4 rings (SSSR count). The number of nitrogens with zero attached hydrogens (tertiary/aromatic N) is 3. The fourth-order valence-electron chi connectivity index (χ4n) is 4.06. The molecule has 1 N–H and O–H groups in total. The van der Waals surface area contributed by atoms with Crippen molar-refractivity contribution in [1.29, 1.82) is 0 Å². The highest BCUT2D eigenvalue weighted by Gasteiger charge is 2.42. The molecule has 0 amide bonds. The average Bonchev–Trinajstić information content (AvgIpc) is 2.58. The minimum atomic E-state index is -0.441. The van der Waals surface area contributed by atoms with Crippen molar-refractivity contribution in [3.63, 3.8) is 0 Å². The second kappa shape index (κ2) is 6.25. The summed E-state index contributed by atoms with van der Waals surface area (Å²) in [7, 11) is 0. The van der Waals surface area contributed by atoms with Crippen molar-refractivity contribution in [2.24, 2.45) is 0 Å². The van der Waals surface area contributed by atoms with Gasteiger partial charge in [-0.2, -0.15) is 4.98 Å². The van der Waals surface area contributed by atoms with E-state index in [4.69, 9.17) is 4.74 Å². The van der Waals surface area contributed by atoms with Crippen molar-refractivity contribution >= 4 is 11.5 Å². The number of hydrogen-bond acceptors (Lipinski definition) is 6. The lowest BCUT2D eigenvalue weighted by Gasteiger charge is -2.53. The van der Waals surface area contributed by atoms with E-state index in [0.29, 0.717) is 17.8 Å². The Morgan fingerprint density at radius 2 is 1.85 bits per heavy atom. The van der Waals surface area contributed by atoms with Gasteiger partial charge < -0.3 is 15.0 Å². The largest absolute Gasteiger partial charge is 0.433 e. The number of nitro groups is 1. The first kappa shape index (κ1) is 16.8. The van der Waals surface area contributed by atoms with E-state index in [-0.39, 0.29) is 11.6 Å². The van der Waals surface area contributed by atoms with Crippen LogP contribution in [0.5, 0.6) is 11.6 Å². The van der Waals surface area contributed by atoms with Gasteiger partial charge in [0.05, 0.1) is 4.92 Å². The maximum atomic E-state index is 11.5. The lowest BCUT2D eigenvalue weighted by Crippen LogP contribution is -2.68. The predicted molar refractivity (Wildman–Crippen MR) is 99.2 cm³/mol. The van der Waals surface area contributed by atoms with Gasteiger partial charge >= 0.3 is 11.6 Å². The maximum Gasteiger partial charge on any atom is 0.331 e. The summed E-state index contributed by atoms with van der Waals surface area (Å²) in [5.74, 6) is 1.44. The van der Waals surface area contributed by atoms with Crippen molar-refractivity contribution in [3.05, 3.63) is 51.1 Å². The molecular formula is C19H22N4O3. The monoisotopic (exact) mass is 354 g/mol. The van der Waals surface area contributed by atoms with E-state index in [2.05, 4.69) is 15.2 Å². The number of aryl methyl sites for hydroxylation is 3. The Labute approximate surface area is 152 Å². The van der Waals surface area contributed by atoms with Crippen LogP contribution in [0.25, 0.3) is 0 Å². The number of pyridine rings is 1. The van der Waals surface area contributed by atoms with E-state index in [1.807, 2.05) is 32.9 Å². The Balaban J connectivity index is 1.72. The summed E-state index contributed by atoms with van der Waals surface area (Å²) in [5, 5.41) is 14.8. The van der Waals surface area contributed by atoms with Gasteiger partial charge in [0, 0.05) is 31.2 Å². The van der Waals surface area contributed by atoms with Crippen molar-refractivity contribution in [2.45, 2.75) is 39.3 Å². The number of piperidine rings is 1. The van der Waals surface area contributed by atoms with Gasteiger partial charge in [-0.1, -0.05) is 17.7 Å². The molecule has 7 heteroatoms. The molecule has 2 aliphatic heterocycles. The normalized spacial score (nSPS) is 21.3. The minimum absolute atomic E-state index is 0.0560. The van der Waals surface area contributed by atoms with Crippen LogP contribution in [0, 0.1) is 30.9 Å². The Morgan fingerprint density at radius 1 is 1.19 bits per heavy atom. The van der Waals surface area contributed by atoms with Crippen LogP contribution in [-0.2, 0) is 0 Å². The summed E-state index contributed by atoms with van der Waals surface area (Å²) in [4.78, 5) is 17.8. The van der Waals surface area contributed by atoms with Gasteiger partial charge in [0.15, 0.2) is 0 Å². The summed E-state index contributed by atoms with van der Waals surface area (Å²) in [5.41, 5.74) is 2.89. The third-order valence-corrected chi connectivity index (χ3v) is 5.18. The van der Waals surface area contributed by atoms with E-state index in [0.717, 1.165) is 42.0 Å². The topological polar surface area (TPSA) is 80.5 Å². The highest BCUT2D eigenvalue weighted by atomic mass is 16.6. The van der Waals surface area contributed by atoms with E-state index in [1.54, 1.807) is 6.07 Å². The molecule has 1 aromatic heterocycles. The highest BCUT2D eigenvalue weighted by Crippen LogP contribution is 2.39. The molecule has 2 saturated heterocycles. The number of ether oxygens (including phenoxy) is 1. The fraction of sp³-hybridized carbons (Fsp3) is 0.421. The molecule has 2 bridgehead atoms. The van der Waals surface area contributed by atoms with E-state index in [9.17, 15) is 10.1 Å². The number of hydrogen-bond donors (Lipinski definition) is 1. The Kier molecular flexibility index (Phi) is 4.03. The average molecular weight is 354 g/mol. The molecule has 26 heavy (non-hydrogen) atoms. The zero-order valence-electron chi connectivity index (χ0n) is 15.2. The van der Waals surface area contributed by atoms with Crippen molar-refractivity contribution in [2.75, 3.05) is 18.0 Å². The lowest BCUT2D eigenvalue weighted by molar-refractivity contribution is -0.386. The molecule has 2 fully saturated rings. The van der Waals surface area contributed by atoms with Crippen LogP contribution < -0.4 is 15.0 Å². The smallest absolute Gasteiger partial charge is 0.331 e. The first-order chi connectivity index (χ1) is 12.4. The van der Waals surface area contributed by atoms with Crippen LogP contribution in [0.3, 0.4) is 0 Å². The Morgan fingerprint density at radius 3 is 2.42 bits per heavy atom. The number of benzene rings is 1. The quantitative estimate of drug-likeness (QED) is 0.670. The van der Waals surface area contributed by atoms with Crippen molar-refractivity contribution in [1.82, 2.24) is 10.3 Å². The summed E-state index contributed by atoms with van der Waals surface area (Å²) < 4.78 is 5.97. The maximum absolute atomic E-state index is 11.5. The van der Waals surface area contributed by atoms with E-state index < -0.39 is 4.92 Å². The third-order valence-electron chi connectivity index (χ3n) is 5.18. The van der Waals surface area contributed by atoms with E-state index >= 15 is 0 Å². The number of nitrogens with one attached hydrogen (secondary N) is 1. The summed E-state index contributed by atoms with van der Waals surface area (Å²) >= 11 is 0.